The molecule has 4 rings (SSSR count). The van der Waals surface area contributed by atoms with Gasteiger partial charge in [-0.05, 0) is 38.0 Å². The number of carbonyl (C=O) groups is 2. The summed E-state index contributed by atoms with van der Waals surface area (Å²) in [5.74, 6) is -1.39. The predicted octanol–water partition coefficient (Wildman–Crippen LogP) is 3.44. The van der Waals surface area contributed by atoms with Gasteiger partial charge in [0.05, 0.1) is 12.2 Å². The normalized spacial score (nSPS) is 13.8. The van der Waals surface area contributed by atoms with Gasteiger partial charge < -0.3 is 25.2 Å². The molecule has 0 spiro atoms. The fraction of sp³-hybridized carbons (Fsp3) is 0.481. The molecule has 11 nitrogen and oxygen atoms in total. The van der Waals surface area contributed by atoms with Gasteiger partial charge in [-0.3, -0.25) is 9.59 Å². The third-order valence-electron chi connectivity index (χ3n) is 6.65. The van der Waals surface area contributed by atoms with Crippen LogP contribution in [0, 0.1) is 17.6 Å². The van der Waals surface area contributed by atoms with E-state index in [0.717, 1.165) is 63.7 Å². The molecule has 0 saturated carbocycles. The fourth-order valence-electron chi connectivity index (χ4n) is 4.51. The lowest BCUT2D eigenvalue weighted by atomic mass is 9.92. The summed E-state index contributed by atoms with van der Waals surface area (Å²) in [6.45, 7) is 3.89. The number of carbonyl (C=O) groups excluding carboxylic acids is 2. The van der Waals surface area contributed by atoms with Gasteiger partial charge in [-0.2, -0.15) is 4.98 Å². The van der Waals surface area contributed by atoms with Crippen LogP contribution in [0.4, 0.5) is 14.7 Å². The van der Waals surface area contributed by atoms with Crippen molar-refractivity contribution in [2.45, 2.75) is 51.9 Å². The molecule has 3 N–H and O–H groups in total. The van der Waals surface area contributed by atoms with Gasteiger partial charge in [0.1, 0.15) is 22.9 Å². The first-order valence-electron chi connectivity index (χ1n) is 13.4. The summed E-state index contributed by atoms with van der Waals surface area (Å²) < 4.78 is 39.5. The molecule has 1 aliphatic heterocycles. The number of nitrogens with zero attached hydrogens (tertiary/aromatic N) is 5. The maximum absolute atomic E-state index is 14.4. The first-order valence-corrected chi connectivity index (χ1v) is 13.4. The van der Waals surface area contributed by atoms with Crippen molar-refractivity contribution < 1.29 is 27.6 Å². The molecular formula is C27H33F2N7O4. The van der Waals surface area contributed by atoms with Crippen molar-refractivity contribution >= 4 is 17.8 Å². The second-order valence-corrected chi connectivity index (χ2v) is 9.69. The number of halogens is 2. The largest absolute Gasteiger partial charge is 0.493 e. The third-order valence-corrected chi connectivity index (χ3v) is 6.65. The summed E-state index contributed by atoms with van der Waals surface area (Å²) in [5, 5.41) is 6.26. The van der Waals surface area contributed by atoms with Crippen molar-refractivity contribution in [1.82, 2.24) is 25.4 Å². The standard InChI is InChI=1S/C27H33F2N7O4/c1-2-4-23-34-25(35-40-23)18-15-32-27(33-16-18)36-10-7-17(8-11-36)5-3-12-39-19-13-20(28)24(21(29)14-19)26(38)31-9-6-22(30)37/h13-17H,2-12H2,1H3,(H2,30,37)(H,31,38). The van der Waals surface area contributed by atoms with E-state index in [1.165, 1.54) is 0 Å². The molecule has 3 heterocycles. The second-order valence-electron chi connectivity index (χ2n) is 9.69. The number of hydrogen-bond acceptors (Lipinski definition) is 9. The number of aryl methyl sites for hydroxylation is 1. The van der Waals surface area contributed by atoms with E-state index >= 15 is 0 Å². The van der Waals surface area contributed by atoms with E-state index in [2.05, 4.69) is 30.3 Å². The number of nitrogens with one attached hydrogen (secondary N) is 1. The molecule has 1 aliphatic rings. The second kappa shape index (κ2) is 13.8. The van der Waals surface area contributed by atoms with E-state index in [9.17, 15) is 18.4 Å². The molecule has 0 unspecified atom stereocenters. The molecule has 1 fully saturated rings. The van der Waals surface area contributed by atoms with Gasteiger partial charge in [0.15, 0.2) is 0 Å². The number of piperidine rings is 1. The Hall–Kier alpha value is -4.16. The first kappa shape index (κ1) is 28.8. The maximum atomic E-state index is 14.4. The van der Waals surface area contributed by atoms with E-state index in [0.29, 0.717) is 35.8 Å². The first-order chi connectivity index (χ1) is 19.3. The number of anilines is 1. The lowest BCUT2D eigenvalue weighted by molar-refractivity contribution is -0.117. The number of benzene rings is 1. The van der Waals surface area contributed by atoms with Crippen LogP contribution in [-0.2, 0) is 11.2 Å². The lowest BCUT2D eigenvalue weighted by Gasteiger charge is -2.32. The summed E-state index contributed by atoms with van der Waals surface area (Å²) in [7, 11) is 0. The Morgan fingerprint density at radius 3 is 2.52 bits per heavy atom. The molecular weight excluding hydrogens is 524 g/mol. The molecule has 3 aromatic rings. The Balaban J connectivity index is 1.18. The summed E-state index contributed by atoms with van der Waals surface area (Å²) in [5.41, 5.74) is 4.98. The topological polar surface area (TPSA) is 149 Å². The molecule has 0 atom stereocenters. The highest BCUT2D eigenvalue weighted by Gasteiger charge is 2.22. The van der Waals surface area contributed by atoms with Gasteiger partial charge in [-0.15, -0.1) is 0 Å². The van der Waals surface area contributed by atoms with E-state index in [4.69, 9.17) is 15.0 Å². The zero-order valence-electron chi connectivity index (χ0n) is 22.4. The predicted molar refractivity (Wildman–Crippen MR) is 141 cm³/mol. The van der Waals surface area contributed by atoms with Crippen molar-refractivity contribution in [2.75, 3.05) is 31.1 Å². The molecule has 2 aromatic heterocycles. The molecule has 1 saturated heterocycles. The summed E-state index contributed by atoms with van der Waals surface area (Å²) in [6.07, 6.45) is 8.53. The van der Waals surface area contributed by atoms with Gasteiger partial charge in [-0.25, -0.2) is 18.7 Å². The highest BCUT2D eigenvalue weighted by molar-refractivity contribution is 5.95. The molecule has 1 aromatic carbocycles. The van der Waals surface area contributed by atoms with Gasteiger partial charge in [0.2, 0.25) is 23.6 Å². The summed E-state index contributed by atoms with van der Waals surface area (Å²) in [4.78, 5) is 38.3. The number of ether oxygens (including phenoxy) is 1. The summed E-state index contributed by atoms with van der Waals surface area (Å²) >= 11 is 0. The van der Waals surface area contributed by atoms with E-state index in [1.54, 1.807) is 12.4 Å². The quantitative estimate of drug-likeness (QED) is 0.301. The van der Waals surface area contributed by atoms with Gasteiger partial charge in [-0.1, -0.05) is 12.1 Å². The monoisotopic (exact) mass is 557 g/mol. The third kappa shape index (κ3) is 7.70. The molecule has 40 heavy (non-hydrogen) atoms. The molecule has 0 bridgehead atoms. The van der Waals surface area contributed by atoms with Crippen LogP contribution in [0.5, 0.6) is 5.75 Å². The van der Waals surface area contributed by atoms with Crippen molar-refractivity contribution in [3.63, 3.8) is 0 Å². The highest BCUT2D eigenvalue weighted by Crippen LogP contribution is 2.26. The van der Waals surface area contributed by atoms with Gasteiger partial charge in [0.25, 0.3) is 5.91 Å². The van der Waals surface area contributed by atoms with E-state index < -0.39 is 29.0 Å². The Labute approximate surface area is 230 Å². The Kier molecular flexibility index (Phi) is 9.92. The molecule has 0 radical (unpaired) electrons. The molecule has 13 heteroatoms. The number of hydrogen-bond donors (Lipinski definition) is 2. The average molecular weight is 558 g/mol. The van der Waals surface area contributed by atoms with E-state index in [-0.39, 0.29) is 18.7 Å². The Morgan fingerprint density at radius 2 is 1.88 bits per heavy atom. The van der Waals surface area contributed by atoms with Crippen LogP contribution < -0.4 is 20.7 Å². The SMILES string of the molecule is CCCc1nc(-c2cnc(N3CCC(CCCOc4cc(F)c(C(=O)NCCC(N)=O)c(F)c4)CC3)nc2)no1. The van der Waals surface area contributed by atoms with E-state index in [1.807, 2.05) is 6.92 Å². The maximum Gasteiger partial charge on any atom is 0.257 e. The Bertz CT molecular complexity index is 1270. The van der Waals surface area contributed by atoms with Crippen LogP contribution in [-0.4, -0.2) is 58.2 Å². The molecule has 214 valence electrons. The van der Waals surface area contributed by atoms with Crippen LogP contribution in [0.25, 0.3) is 11.4 Å². The van der Waals surface area contributed by atoms with Crippen molar-refractivity contribution in [1.29, 1.82) is 0 Å². The number of aromatic nitrogens is 4. The van der Waals surface area contributed by atoms with Crippen LogP contribution in [0.15, 0.2) is 29.0 Å². The summed E-state index contributed by atoms with van der Waals surface area (Å²) in [6, 6.07) is 1.97. The number of primary amides is 1. The minimum absolute atomic E-state index is 0.0153. The minimum atomic E-state index is -1.03. The van der Waals surface area contributed by atoms with Crippen LogP contribution in [0.1, 0.15) is 61.7 Å². The number of nitrogens with two attached hydrogens (primary N) is 1. The smallest absolute Gasteiger partial charge is 0.257 e. The van der Waals surface area contributed by atoms with Crippen molar-refractivity contribution in [3.8, 4) is 17.1 Å². The zero-order chi connectivity index (χ0) is 28.5. The van der Waals surface area contributed by atoms with Crippen molar-refractivity contribution in [3.05, 3.63) is 47.6 Å². The fourth-order valence-corrected chi connectivity index (χ4v) is 4.51. The number of rotatable bonds is 13. The molecule has 0 aliphatic carbocycles. The Morgan fingerprint density at radius 1 is 1.18 bits per heavy atom. The van der Waals surface area contributed by atoms with Crippen molar-refractivity contribution in [2.24, 2.45) is 11.7 Å². The van der Waals surface area contributed by atoms with Crippen LogP contribution in [0.2, 0.25) is 0 Å². The van der Waals surface area contributed by atoms with Gasteiger partial charge in [0, 0.05) is 57.0 Å². The highest BCUT2D eigenvalue weighted by atomic mass is 19.1. The van der Waals surface area contributed by atoms with Crippen LogP contribution in [0.3, 0.4) is 0 Å². The number of amides is 2. The lowest BCUT2D eigenvalue weighted by Crippen LogP contribution is -2.34. The molecule has 2 amide bonds. The minimum Gasteiger partial charge on any atom is -0.493 e. The average Bonchev–Trinajstić information content (AvgIpc) is 3.40. The zero-order valence-corrected chi connectivity index (χ0v) is 22.4. The van der Waals surface area contributed by atoms with Gasteiger partial charge >= 0.3 is 0 Å². The van der Waals surface area contributed by atoms with Crippen LogP contribution >= 0.6 is 0 Å².